The van der Waals surface area contributed by atoms with Gasteiger partial charge in [-0.1, -0.05) is 0 Å². The van der Waals surface area contributed by atoms with E-state index in [1.165, 1.54) is 7.11 Å². The van der Waals surface area contributed by atoms with Crippen LogP contribution in [-0.4, -0.2) is 35.1 Å². The summed E-state index contributed by atoms with van der Waals surface area (Å²) in [4.78, 5) is 19.9. The van der Waals surface area contributed by atoms with Gasteiger partial charge in [0.2, 0.25) is 17.7 Å². The summed E-state index contributed by atoms with van der Waals surface area (Å²) in [6.07, 6.45) is 0.372. The minimum Gasteiger partial charge on any atom is -0.481 e. The summed E-state index contributed by atoms with van der Waals surface area (Å²) >= 11 is 0. The summed E-state index contributed by atoms with van der Waals surface area (Å²) in [6.45, 7) is 8.59. The molecule has 0 saturated carbocycles. The second kappa shape index (κ2) is 6.47. The molecular weight excluding hydrogens is 244 g/mol. The van der Waals surface area contributed by atoms with Gasteiger partial charge in [-0.3, -0.25) is 10.1 Å². The summed E-state index contributed by atoms with van der Waals surface area (Å²) in [6, 6.07) is 1.71. The fourth-order valence-corrected chi connectivity index (χ4v) is 1.44. The molecule has 0 saturated heterocycles. The third-order valence-corrected chi connectivity index (χ3v) is 2.30. The lowest BCUT2D eigenvalue weighted by Crippen LogP contribution is -2.37. The van der Waals surface area contributed by atoms with Gasteiger partial charge in [0.15, 0.2) is 0 Å². The number of hydrogen-bond acceptors (Lipinski definition) is 5. The number of amides is 1. The van der Waals surface area contributed by atoms with Gasteiger partial charge in [0.05, 0.1) is 7.11 Å². The van der Waals surface area contributed by atoms with E-state index >= 15 is 0 Å². The Kier molecular flexibility index (Phi) is 5.23. The predicted molar refractivity (Wildman–Crippen MR) is 74.3 cm³/mol. The number of aryl methyl sites for hydroxylation is 1. The Hall–Kier alpha value is -1.69. The van der Waals surface area contributed by atoms with E-state index in [1.807, 2.05) is 6.92 Å². The molecule has 0 spiro atoms. The highest BCUT2D eigenvalue weighted by Gasteiger charge is 2.11. The summed E-state index contributed by atoms with van der Waals surface area (Å²) in [5.41, 5.74) is 0.749. The van der Waals surface area contributed by atoms with Gasteiger partial charge in [-0.15, -0.1) is 0 Å². The molecule has 1 heterocycles. The number of rotatable bonds is 5. The molecule has 1 aromatic rings. The molecule has 1 aromatic heterocycles. The van der Waals surface area contributed by atoms with Crippen LogP contribution in [0.15, 0.2) is 6.07 Å². The van der Waals surface area contributed by atoms with Crippen molar-refractivity contribution >= 4 is 11.9 Å². The van der Waals surface area contributed by atoms with E-state index in [4.69, 9.17) is 4.74 Å². The zero-order valence-corrected chi connectivity index (χ0v) is 12.2. The van der Waals surface area contributed by atoms with Gasteiger partial charge in [0, 0.05) is 30.3 Å². The quantitative estimate of drug-likeness (QED) is 0.845. The fourth-order valence-electron chi connectivity index (χ4n) is 1.44. The van der Waals surface area contributed by atoms with Crippen molar-refractivity contribution in [1.29, 1.82) is 0 Å². The monoisotopic (exact) mass is 266 g/mol. The summed E-state index contributed by atoms with van der Waals surface area (Å²) in [5, 5.41) is 5.91. The Morgan fingerprint density at radius 3 is 2.63 bits per heavy atom. The third-order valence-electron chi connectivity index (χ3n) is 2.30. The van der Waals surface area contributed by atoms with E-state index < -0.39 is 0 Å². The number of methoxy groups -OCH3 is 1. The van der Waals surface area contributed by atoms with E-state index in [0.29, 0.717) is 18.8 Å². The van der Waals surface area contributed by atoms with Crippen molar-refractivity contribution < 1.29 is 9.53 Å². The molecule has 6 heteroatoms. The van der Waals surface area contributed by atoms with Crippen LogP contribution in [0.4, 0.5) is 5.95 Å². The molecule has 0 aliphatic carbocycles. The molecule has 2 N–H and O–H groups in total. The Morgan fingerprint density at radius 2 is 2.05 bits per heavy atom. The van der Waals surface area contributed by atoms with Crippen molar-refractivity contribution in [3.8, 4) is 5.88 Å². The molecule has 0 aliphatic rings. The average molecular weight is 266 g/mol. The van der Waals surface area contributed by atoms with Crippen LogP contribution in [0.5, 0.6) is 5.88 Å². The van der Waals surface area contributed by atoms with Gasteiger partial charge < -0.3 is 10.1 Å². The largest absolute Gasteiger partial charge is 0.481 e. The summed E-state index contributed by atoms with van der Waals surface area (Å²) < 4.78 is 5.03. The van der Waals surface area contributed by atoms with E-state index in [-0.39, 0.29) is 17.4 Å². The van der Waals surface area contributed by atoms with Crippen molar-refractivity contribution in [1.82, 2.24) is 15.3 Å². The van der Waals surface area contributed by atoms with Crippen LogP contribution < -0.4 is 15.4 Å². The fraction of sp³-hybridized carbons (Fsp3) is 0.615. The SMILES string of the molecule is COc1cc(C)nc(NC(=O)CCNC(C)(C)C)n1. The summed E-state index contributed by atoms with van der Waals surface area (Å²) in [5.74, 6) is 0.595. The van der Waals surface area contributed by atoms with E-state index in [1.54, 1.807) is 6.07 Å². The van der Waals surface area contributed by atoms with Gasteiger partial charge in [-0.25, -0.2) is 4.98 Å². The maximum Gasteiger partial charge on any atom is 0.232 e. The lowest BCUT2D eigenvalue weighted by atomic mass is 10.1. The van der Waals surface area contributed by atoms with E-state index in [0.717, 1.165) is 5.69 Å². The number of anilines is 1. The van der Waals surface area contributed by atoms with Crippen molar-refractivity contribution in [3.05, 3.63) is 11.8 Å². The minimum absolute atomic E-state index is 0.00331. The third kappa shape index (κ3) is 6.15. The van der Waals surface area contributed by atoms with Crippen molar-refractivity contribution in [2.24, 2.45) is 0 Å². The highest BCUT2D eigenvalue weighted by molar-refractivity contribution is 5.89. The topological polar surface area (TPSA) is 76.1 Å². The maximum absolute atomic E-state index is 11.7. The molecule has 0 aliphatic heterocycles. The van der Waals surface area contributed by atoms with Crippen LogP contribution >= 0.6 is 0 Å². The van der Waals surface area contributed by atoms with Crippen LogP contribution in [0.1, 0.15) is 32.9 Å². The van der Waals surface area contributed by atoms with Crippen molar-refractivity contribution in [2.75, 3.05) is 19.0 Å². The van der Waals surface area contributed by atoms with Gasteiger partial charge in [0.1, 0.15) is 0 Å². The number of nitrogens with zero attached hydrogens (tertiary/aromatic N) is 2. The number of carbonyl (C=O) groups excluding carboxylic acids is 1. The Morgan fingerprint density at radius 1 is 1.37 bits per heavy atom. The second-order valence-corrected chi connectivity index (χ2v) is 5.35. The number of aromatic nitrogens is 2. The number of carbonyl (C=O) groups is 1. The zero-order valence-electron chi connectivity index (χ0n) is 12.2. The first-order valence-corrected chi connectivity index (χ1v) is 6.25. The smallest absolute Gasteiger partial charge is 0.232 e. The highest BCUT2D eigenvalue weighted by Crippen LogP contribution is 2.11. The maximum atomic E-state index is 11.7. The standard InChI is InChI=1S/C13H22N4O2/c1-9-8-11(19-5)17-12(15-9)16-10(18)6-7-14-13(2,3)4/h8,14H,6-7H2,1-5H3,(H,15,16,17,18). The molecule has 106 valence electrons. The van der Waals surface area contributed by atoms with Gasteiger partial charge in [-0.05, 0) is 27.7 Å². The molecule has 0 atom stereocenters. The van der Waals surface area contributed by atoms with Crippen molar-refractivity contribution in [3.63, 3.8) is 0 Å². The summed E-state index contributed by atoms with van der Waals surface area (Å²) in [7, 11) is 1.53. The second-order valence-electron chi connectivity index (χ2n) is 5.35. The molecular formula is C13H22N4O2. The Balaban J connectivity index is 2.50. The average Bonchev–Trinajstić information content (AvgIpc) is 2.26. The van der Waals surface area contributed by atoms with Crippen LogP contribution in [0.25, 0.3) is 0 Å². The lowest BCUT2D eigenvalue weighted by Gasteiger charge is -2.20. The lowest BCUT2D eigenvalue weighted by molar-refractivity contribution is -0.116. The zero-order chi connectivity index (χ0) is 14.5. The van der Waals surface area contributed by atoms with Crippen LogP contribution in [-0.2, 0) is 4.79 Å². The first-order chi connectivity index (χ1) is 8.80. The van der Waals surface area contributed by atoms with Gasteiger partial charge >= 0.3 is 0 Å². The Labute approximate surface area is 114 Å². The number of hydrogen-bond donors (Lipinski definition) is 2. The first-order valence-electron chi connectivity index (χ1n) is 6.25. The first kappa shape index (κ1) is 15.4. The molecule has 1 rings (SSSR count). The highest BCUT2D eigenvalue weighted by atomic mass is 16.5. The minimum atomic E-state index is -0.121. The molecule has 0 bridgehead atoms. The molecule has 0 unspecified atom stereocenters. The molecule has 1 amide bonds. The molecule has 0 radical (unpaired) electrons. The van der Waals surface area contributed by atoms with E-state index in [2.05, 4.69) is 41.4 Å². The van der Waals surface area contributed by atoms with Crippen LogP contribution in [0.3, 0.4) is 0 Å². The molecule has 0 fully saturated rings. The Bertz CT molecular complexity index is 441. The number of ether oxygens (including phenoxy) is 1. The molecule has 19 heavy (non-hydrogen) atoms. The van der Waals surface area contributed by atoms with Gasteiger partial charge in [-0.2, -0.15) is 4.98 Å². The molecule has 6 nitrogen and oxygen atoms in total. The predicted octanol–water partition coefficient (Wildman–Crippen LogP) is 1.51. The molecule has 0 aromatic carbocycles. The van der Waals surface area contributed by atoms with Crippen molar-refractivity contribution in [2.45, 2.75) is 39.7 Å². The normalized spacial score (nSPS) is 11.2. The van der Waals surface area contributed by atoms with Crippen LogP contribution in [0.2, 0.25) is 0 Å². The van der Waals surface area contributed by atoms with Crippen LogP contribution in [0, 0.1) is 6.92 Å². The van der Waals surface area contributed by atoms with E-state index in [9.17, 15) is 4.79 Å². The number of nitrogens with one attached hydrogen (secondary N) is 2. The van der Waals surface area contributed by atoms with Gasteiger partial charge in [0.25, 0.3) is 0 Å².